The van der Waals surface area contributed by atoms with Gasteiger partial charge in [-0.1, -0.05) is 27.7 Å². The molecule has 3 fully saturated rings. The number of nitrogens with one attached hydrogen (secondary N) is 1. The van der Waals surface area contributed by atoms with E-state index in [1.54, 1.807) is 0 Å². The summed E-state index contributed by atoms with van der Waals surface area (Å²) in [5.74, 6) is 1.79. The minimum Gasteiger partial charge on any atom is -0.377 e. The minimum atomic E-state index is 0. The third-order valence-corrected chi connectivity index (χ3v) is 6.40. The number of ether oxygens (including phenoxy) is 1. The van der Waals surface area contributed by atoms with Crippen molar-refractivity contribution in [3.05, 3.63) is 0 Å². The largest absolute Gasteiger partial charge is 0.377 e. The smallest absolute Gasteiger partial charge is 0.194 e. The SMILES string of the molecule is CCN=C(NC1C2CCOC2C1(C)C)N1CCC(C)(CC)C1.I. The second kappa shape index (κ2) is 7.06. The lowest BCUT2D eigenvalue weighted by atomic mass is 9.57. The number of halogens is 1. The Hall–Kier alpha value is -0.0400. The van der Waals surface area contributed by atoms with Crippen LogP contribution in [0.15, 0.2) is 4.99 Å². The maximum Gasteiger partial charge on any atom is 0.194 e. The zero-order valence-corrected chi connectivity index (χ0v) is 17.7. The quantitative estimate of drug-likeness (QED) is 0.419. The lowest BCUT2D eigenvalue weighted by Gasteiger charge is -2.55. The van der Waals surface area contributed by atoms with Crippen molar-refractivity contribution in [2.24, 2.45) is 21.7 Å². The Labute approximate surface area is 158 Å². The Balaban J connectivity index is 0.00000192. The fourth-order valence-corrected chi connectivity index (χ4v) is 4.64. The van der Waals surface area contributed by atoms with E-state index in [4.69, 9.17) is 9.73 Å². The van der Waals surface area contributed by atoms with Crippen LogP contribution in [0.2, 0.25) is 0 Å². The average Bonchev–Trinajstić information content (AvgIpc) is 3.09. The summed E-state index contributed by atoms with van der Waals surface area (Å²) in [6, 6.07) is 0.499. The van der Waals surface area contributed by atoms with E-state index in [0.717, 1.165) is 32.2 Å². The van der Waals surface area contributed by atoms with Crippen molar-refractivity contribution in [3.63, 3.8) is 0 Å². The normalized spacial score (nSPS) is 38.7. The Morgan fingerprint density at radius 2 is 2.04 bits per heavy atom. The van der Waals surface area contributed by atoms with Crippen LogP contribution in [0.4, 0.5) is 0 Å². The van der Waals surface area contributed by atoms with E-state index < -0.39 is 0 Å². The molecule has 0 radical (unpaired) electrons. The van der Waals surface area contributed by atoms with Gasteiger partial charge in [0.05, 0.1) is 6.10 Å². The highest BCUT2D eigenvalue weighted by molar-refractivity contribution is 14.0. The topological polar surface area (TPSA) is 36.9 Å². The van der Waals surface area contributed by atoms with Crippen LogP contribution in [0.5, 0.6) is 0 Å². The monoisotopic (exact) mass is 435 g/mol. The molecule has 0 aromatic rings. The number of likely N-dealkylation sites (tertiary alicyclic amines) is 1. The Morgan fingerprint density at radius 3 is 2.65 bits per heavy atom. The molecule has 1 aliphatic carbocycles. The molecular formula is C18H34IN3O. The number of hydrogen-bond acceptors (Lipinski definition) is 2. The molecule has 0 bridgehead atoms. The van der Waals surface area contributed by atoms with E-state index in [1.165, 1.54) is 19.3 Å². The highest BCUT2D eigenvalue weighted by atomic mass is 127. The third-order valence-electron chi connectivity index (χ3n) is 6.40. The van der Waals surface area contributed by atoms with Gasteiger partial charge in [0.1, 0.15) is 0 Å². The van der Waals surface area contributed by atoms with E-state index in [2.05, 4.69) is 44.8 Å². The van der Waals surface area contributed by atoms with Gasteiger partial charge in [-0.25, -0.2) is 0 Å². The Kier molecular flexibility index (Phi) is 5.92. The van der Waals surface area contributed by atoms with Crippen LogP contribution in [0, 0.1) is 16.7 Å². The van der Waals surface area contributed by atoms with Crippen molar-refractivity contribution >= 4 is 29.9 Å². The molecule has 1 saturated carbocycles. The molecule has 134 valence electrons. The van der Waals surface area contributed by atoms with Crippen molar-refractivity contribution in [2.75, 3.05) is 26.2 Å². The summed E-state index contributed by atoms with van der Waals surface area (Å²) in [5.41, 5.74) is 0.661. The van der Waals surface area contributed by atoms with Crippen molar-refractivity contribution in [2.45, 2.75) is 66.0 Å². The summed E-state index contributed by atoms with van der Waals surface area (Å²) in [6.07, 6.45) is 4.15. The van der Waals surface area contributed by atoms with Gasteiger partial charge >= 0.3 is 0 Å². The summed E-state index contributed by atoms with van der Waals surface area (Å²) in [4.78, 5) is 7.28. The van der Waals surface area contributed by atoms with Gasteiger partial charge in [0, 0.05) is 43.6 Å². The van der Waals surface area contributed by atoms with Crippen molar-refractivity contribution in [1.82, 2.24) is 10.2 Å². The highest BCUT2D eigenvalue weighted by Gasteiger charge is 2.59. The molecule has 4 nitrogen and oxygen atoms in total. The molecular weight excluding hydrogens is 401 g/mol. The van der Waals surface area contributed by atoms with Crippen molar-refractivity contribution in [1.29, 1.82) is 0 Å². The first kappa shape index (κ1) is 19.3. The molecule has 5 heteroatoms. The standard InChI is InChI=1S/C18H33N3O.HI/c1-6-18(5)9-10-21(12-18)16(19-7-2)20-14-13-8-11-22-15(13)17(14,3)4;/h13-15H,6-12H2,1-5H3,(H,19,20);1H. The molecule has 4 unspecified atom stereocenters. The lowest BCUT2D eigenvalue weighted by Crippen LogP contribution is -2.68. The molecule has 0 aromatic carbocycles. The van der Waals surface area contributed by atoms with Gasteiger partial charge in [-0.15, -0.1) is 24.0 Å². The van der Waals surface area contributed by atoms with Gasteiger partial charge < -0.3 is 15.0 Å². The minimum absolute atomic E-state index is 0. The van der Waals surface area contributed by atoms with Gasteiger partial charge in [0.2, 0.25) is 0 Å². The van der Waals surface area contributed by atoms with E-state index in [0.29, 0.717) is 23.5 Å². The van der Waals surface area contributed by atoms with Crippen LogP contribution in [0.3, 0.4) is 0 Å². The zero-order valence-electron chi connectivity index (χ0n) is 15.4. The zero-order chi connectivity index (χ0) is 16.0. The molecule has 2 heterocycles. The van der Waals surface area contributed by atoms with Crippen LogP contribution in [-0.4, -0.2) is 49.2 Å². The second-order valence-electron chi connectivity index (χ2n) is 8.32. The van der Waals surface area contributed by atoms with Gasteiger partial charge in [-0.05, 0) is 31.6 Å². The molecule has 0 spiro atoms. The molecule has 2 saturated heterocycles. The number of guanidine groups is 1. The van der Waals surface area contributed by atoms with E-state index in [1.807, 2.05) is 0 Å². The number of nitrogens with zero attached hydrogens (tertiary/aromatic N) is 2. The molecule has 3 rings (SSSR count). The lowest BCUT2D eigenvalue weighted by molar-refractivity contribution is -0.107. The van der Waals surface area contributed by atoms with Gasteiger partial charge in [0.25, 0.3) is 0 Å². The number of rotatable bonds is 3. The number of hydrogen-bond donors (Lipinski definition) is 1. The van der Waals surface area contributed by atoms with Gasteiger partial charge in [-0.3, -0.25) is 4.99 Å². The summed E-state index contributed by atoms with van der Waals surface area (Å²) in [5, 5.41) is 3.82. The third kappa shape index (κ3) is 3.37. The average molecular weight is 435 g/mol. The first-order chi connectivity index (χ1) is 10.4. The summed E-state index contributed by atoms with van der Waals surface area (Å²) < 4.78 is 5.92. The van der Waals surface area contributed by atoms with E-state index in [9.17, 15) is 0 Å². The van der Waals surface area contributed by atoms with Crippen LogP contribution in [-0.2, 0) is 4.74 Å². The maximum absolute atomic E-state index is 5.92. The molecule has 0 amide bonds. The molecule has 23 heavy (non-hydrogen) atoms. The molecule has 4 atom stereocenters. The predicted octanol–water partition coefficient (Wildman–Crippen LogP) is 3.51. The molecule has 1 N–H and O–H groups in total. The Morgan fingerprint density at radius 1 is 1.30 bits per heavy atom. The number of fused-ring (bicyclic) bond motifs is 1. The maximum atomic E-state index is 5.92. The van der Waals surface area contributed by atoms with Crippen molar-refractivity contribution < 1.29 is 4.74 Å². The first-order valence-corrected chi connectivity index (χ1v) is 9.09. The molecule has 2 aliphatic heterocycles. The molecule has 3 aliphatic rings. The summed E-state index contributed by atoms with van der Waals surface area (Å²) in [6.45, 7) is 15.6. The van der Waals surface area contributed by atoms with Crippen LogP contribution < -0.4 is 5.32 Å². The summed E-state index contributed by atoms with van der Waals surface area (Å²) in [7, 11) is 0. The molecule has 0 aromatic heterocycles. The van der Waals surface area contributed by atoms with Crippen LogP contribution in [0.25, 0.3) is 0 Å². The van der Waals surface area contributed by atoms with Gasteiger partial charge in [0.15, 0.2) is 5.96 Å². The predicted molar refractivity (Wildman–Crippen MR) is 107 cm³/mol. The second-order valence-corrected chi connectivity index (χ2v) is 8.32. The summed E-state index contributed by atoms with van der Waals surface area (Å²) >= 11 is 0. The highest BCUT2D eigenvalue weighted by Crippen LogP contribution is 2.52. The van der Waals surface area contributed by atoms with Crippen LogP contribution in [0.1, 0.15) is 53.9 Å². The first-order valence-electron chi connectivity index (χ1n) is 9.09. The number of aliphatic imine (C=N–C) groups is 1. The van der Waals surface area contributed by atoms with Crippen LogP contribution >= 0.6 is 24.0 Å². The van der Waals surface area contributed by atoms with E-state index >= 15 is 0 Å². The fraction of sp³-hybridized carbons (Fsp3) is 0.944. The van der Waals surface area contributed by atoms with Gasteiger partial charge in [-0.2, -0.15) is 0 Å². The fourth-order valence-electron chi connectivity index (χ4n) is 4.64. The Bertz CT molecular complexity index is 454. The van der Waals surface area contributed by atoms with E-state index in [-0.39, 0.29) is 29.4 Å². The van der Waals surface area contributed by atoms with Crippen molar-refractivity contribution in [3.8, 4) is 0 Å².